The van der Waals surface area contributed by atoms with Crippen LogP contribution in [0.1, 0.15) is 48.0 Å². The van der Waals surface area contributed by atoms with Gasteiger partial charge in [-0.1, -0.05) is 47.8 Å². The lowest BCUT2D eigenvalue weighted by atomic mass is 9.88. The van der Waals surface area contributed by atoms with E-state index in [1.165, 1.54) is 17.8 Å². The largest absolute Gasteiger partial charge is 0.346 e. The van der Waals surface area contributed by atoms with Crippen LogP contribution >= 0.6 is 0 Å². The minimum atomic E-state index is 0.123. The van der Waals surface area contributed by atoms with Gasteiger partial charge < -0.3 is 4.90 Å². The molecule has 1 nitrogen and oxygen atoms in total. The van der Waals surface area contributed by atoms with E-state index in [4.69, 9.17) is 0 Å². The molecule has 0 aliphatic carbocycles. The van der Waals surface area contributed by atoms with Crippen LogP contribution in [-0.4, -0.2) is 10.9 Å². The normalized spacial score (nSPS) is 25.9. The third kappa shape index (κ3) is 2.11. The predicted molar refractivity (Wildman–Crippen MR) is 67.4 cm³/mol. The number of hydrogen-bond donors (Lipinski definition) is 0. The number of nitrogens with zero attached hydrogens (tertiary/aromatic N) is 1. The van der Waals surface area contributed by atoms with Gasteiger partial charge in [-0.2, -0.15) is 0 Å². The first-order valence-corrected chi connectivity index (χ1v) is 5.75. The average molecular weight is 207 g/mol. The summed E-state index contributed by atoms with van der Waals surface area (Å²) in [5.41, 5.74) is 2.74. The summed E-state index contributed by atoms with van der Waals surface area (Å²) in [5.74, 6) is 0. The van der Waals surface area contributed by atoms with Crippen molar-refractivity contribution in [2.24, 2.45) is 10.8 Å². The molecule has 0 N–H and O–H groups in total. The van der Waals surface area contributed by atoms with Gasteiger partial charge in [-0.05, 0) is 13.3 Å². The smallest absolute Gasteiger partial charge is 0.0316 e. The van der Waals surface area contributed by atoms with Gasteiger partial charge in [0.15, 0.2) is 0 Å². The van der Waals surface area contributed by atoms with Gasteiger partial charge in [0.05, 0.1) is 0 Å². The standard InChI is InChI=1S/C14H25N/c1-10-9-14(7,8)12(3)15(10)11(2)13(4,5)6/h10H,2-3,9H2,1,4-8H3/t10-/m1/s1. The molecule has 86 valence electrons. The Kier molecular flexibility index (Phi) is 2.80. The lowest BCUT2D eigenvalue weighted by molar-refractivity contribution is 0.296. The zero-order chi connectivity index (χ0) is 12.0. The van der Waals surface area contributed by atoms with Crippen molar-refractivity contribution < 1.29 is 0 Å². The minimum absolute atomic E-state index is 0.123. The Bertz CT molecular complexity index is 291. The van der Waals surface area contributed by atoms with Gasteiger partial charge in [0.1, 0.15) is 0 Å². The molecule has 0 aromatic carbocycles. The van der Waals surface area contributed by atoms with Crippen molar-refractivity contribution in [2.75, 3.05) is 0 Å². The molecule has 0 spiro atoms. The van der Waals surface area contributed by atoms with E-state index < -0.39 is 0 Å². The summed E-state index contributed by atoms with van der Waals surface area (Å²) in [6.07, 6.45) is 1.17. The van der Waals surface area contributed by atoms with Crippen LogP contribution in [-0.2, 0) is 0 Å². The second-order valence-corrected chi connectivity index (χ2v) is 6.45. The van der Waals surface area contributed by atoms with E-state index in [1.807, 2.05) is 0 Å². The van der Waals surface area contributed by atoms with Gasteiger partial charge in [-0.3, -0.25) is 0 Å². The molecule has 0 radical (unpaired) electrons. The molecule has 1 atom stereocenters. The SMILES string of the molecule is C=C(N1C(=C)C(C)(C)C[C@H]1C)C(C)(C)C. The maximum atomic E-state index is 4.24. The molecule has 1 heteroatoms. The molecule has 0 unspecified atom stereocenters. The molecule has 1 rings (SSSR count). The van der Waals surface area contributed by atoms with E-state index in [2.05, 4.69) is 59.6 Å². The molecule has 0 bridgehead atoms. The Labute approximate surface area is 94.9 Å². The van der Waals surface area contributed by atoms with Crippen LogP contribution in [0.5, 0.6) is 0 Å². The van der Waals surface area contributed by atoms with Crippen molar-refractivity contribution in [2.45, 2.75) is 54.0 Å². The van der Waals surface area contributed by atoms with Crippen molar-refractivity contribution in [1.82, 2.24) is 4.90 Å². The highest BCUT2D eigenvalue weighted by Gasteiger charge is 2.41. The van der Waals surface area contributed by atoms with Crippen molar-refractivity contribution in [1.29, 1.82) is 0 Å². The lowest BCUT2D eigenvalue weighted by Crippen LogP contribution is -2.31. The maximum absolute atomic E-state index is 4.24. The van der Waals surface area contributed by atoms with Gasteiger partial charge in [0.25, 0.3) is 0 Å². The van der Waals surface area contributed by atoms with Gasteiger partial charge in [0, 0.05) is 28.3 Å². The number of allylic oxidation sites excluding steroid dienone is 2. The number of rotatable bonds is 1. The van der Waals surface area contributed by atoms with E-state index in [0.717, 1.165) is 0 Å². The van der Waals surface area contributed by atoms with E-state index >= 15 is 0 Å². The fraction of sp³-hybridized carbons (Fsp3) is 0.714. The van der Waals surface area contributed by atoms with Crippen molar-refractivity contribution >= 4 is 0 Å². The first kappa shape index (κ1) is 12.4. The highest BCUT2D eigenvalue weighted by Crippen LogP contribution is 2.46. The van der Waals surface area contributed by atoms with Crippen LogP contribution in [0.3, 0.4) is 0 Å². The Morgan fingerprint density at radius 1 is 1.40 bits per heavy atom. The molecule has 1 saturated heterocycles. The van der Waals surface area contributed by atoms with Crippen LogP contribution in [0, 0.1) is 10.8 Å². The summed E-state index contributed by atoms with van der Waals surface area (Å²) in [6, 6.07) is 0.527. The van der Waals surface area contributed by atoms with Gasteiger partial charge in [0.2, 0.25) is 0 Å². The number of hydrogen-bond acceptors (Lipinski definition) is 1. The average Bonchev–Trinajstić information content (AvgIpc) is 2.19. The van der Waals surface area contributed by atoms with E-state index in [-0.39, 0.29) is 10.8 Å². The first-order chi connectivity index (χ1) is 6.57. The Morgan fingerprint density at radius 3 is 2.13 bits per heavy atom. The quantitative estimate of drug-likeness (QED) is 0.623. The highest BCUT2D eigenvalue weighted by molar-refractivity contribution is 5.23. The van der Waals surface area contributed by atoms with Crippen LogP contribution in [0.25, 0.3) is 0 Å². The molecule has 0 aromatic heterocycles. The van der Waals surface area contributed by atoms with E-state index in [1.54, 1.807) is 0 Å². The van der Waals surface area contributed by atoms with Crippen molar-refractivity contribution in [3.63, 3.8) is 0 Å². The molecule has 0 saturated carbocycles. The van der Waals surface area contributed by atoms with E-state index in [9.17, 15) is 0 Å². The summed E-state index contributed by atoms with van der Waals surface area (Å²) in [6.45, 7) is 21.9. The third-order valence-electron chi connectivity index (χ3n) is 3.48. The van der Waals surface area contributed by atoms with Crippen LogP contribution in [0.15, 0.2) is 24.6 Å². The Balaban J connectivity index is 2.99. The summed E-state index contributed by atoms with van der Waals surface area (Å²) >= 11 is 0. The van der Waals surface area contributed by atoms with Crippen LogP contribution in [0.2, 0.25) is 0 Å². The third-order valence-corrected chi connectivity index (χ3v) is 3.48. The number of likely N-dealkylation sites (tertiary alicyclic amines) is 1. The molecular formula is C14H25N. The van der Waals surface area contributed by atoms with Crippen LogP contribution < -0.4 is 0 Å². The predicted octanol–water partition coefficient (Wildman–Crippen LogP) is 4.18. The monoisotopic (exact) mass is 207 g/mol. The van der Waals surface area contributed by atoms with Crippen molar-refractivity contribution in [3.8, 4) is 0 Å². The summed E-state index contributed by atoms with van der Waals surface area (Å²) in [7, 11) is 0. The highest BCUT2D eigenvalue weighted by atomic mass is 15.2. The lowest BCUT2D eigenvalue weighted by Gasteiger charge is -2.36. The fourth-order valence-corrected chi connectivity index (χ4v) is 2.33. The Morgan fingerprint density at radius 2 is 1.87 bits per heavy atom. The first-order valence-electron chi connectivity index (χ1n) is 5.75. The summed E-state index contributed by atoms with van der Waals surface area (Å²) in [4.78, 5) is 2.33. The zero-order valence-electron chi connectivity index (χ0n) is 11.1. The summed E-state index contributed by atoms with van der Waals surface area (Å²) < 4.78 is 0. The molecule has 0 aromatic rings. The molecule has 1 aliphatic rings. The molecule has 1 heterocycles. The second kappa shape index (κ2) is 3.40. The molecule has 0 amide bonds. The van der Waals surface area contributed by atoms with Crippen LogP contribution in [0.4, 0.5) is 0 Å². The zero-order valence-corrected chi connectivity index (χ0v) is 11.1. The second-order valence-electron chi connectivity index (χ2n) is 6.45. The van der Waals surface area contributed by atoms with Crippen molar-refractivity contribution in [3.05, 3.63) is 24.6 Å². The minimum Gasteiger partial charge on any atom is -0.346 e. The molecule has 15 heavy (non-hydrogen) atoms. The maximum Gasteiger partial charge on any atom is 0.0316 e. The topological polar surface area (TPSA) is 3.24 Å². The van der Waals surface area contributed by atoms with Gasteiger partial charge >= 0.3 is 0 Å². The van der Waals surface area contributed by atoms with Gasteiger partial charge in [-0.15, -0.1) is 0 Å². The molecular weight excluding hydrogens is 182 g/mol. The summed E-state index contributed by atoms with van der Waals surface area (Å²) in [5, 5.41) is 0. The Hall–Kier alpha value is -0.720. The molecule has 1 fully saturated rings. The van der Waals surface area contributed by atoms with Gasteiger partial charge in [-0.25, -0.2) is 0 Å². The molecule has 1 aliphatic heterocycles. The fourth-order valence-electron chi connectivity index (χ4n) is 2.33. The van der Waals surface area contributed by atoms with E-state index in [0.29, 0.717) is 6.04 Å².